The fourth-order valence-electron chi connectivity index (χ4n) is 1.71. The summed E-state index contributed by atoms with van der Waals surface area (Å²) in [7, 11) is 0. The lowest BCUT2D eigenvalue weighted by Gasteiger charge is -2.12. The lowest BCUT2D eigenvalue weighted by molar-refractivity contribution is -0.384. The summed E-state index contributed by atoms with van der Waals surface area (Å²) in [6.07, 6.45) is 0.636. The quantitative estimate of drug-likeness (QED) is 0.493. The lowest BCUT2D eigenvalue weighted by atomic mass is 10.2. The Morgan fingerprint density at radius 2 is 1.88 bits per heavy atom. The minimum absolute atomic E-state index is 0.0128. The number of nitrogens with one attached hydrogen (secondary N) is 1. The molecular formula is C16H14ClN3O4. The van der Waals surface area contributed by atoms with E-state index in [0.717, 1.165) is 0 Å². The first-order valence-corrected chi connectivity index (χ1v) is 7.33. The first kappa shape index (κ1) is 17.4. The van der Waals surface area contributed by atoms with Crippen LogP contribution in [0.2, 0.25) is 5.02 Å². The van der Waals surface area contributed by atoms with Gasteiger partial charge in [-0.15, -0.1) is 0 Å². The molecule has 8 heteroatoms. The molecule has 0 unspecified atom stereocenters. The molecule has 0 saturated carbocycles. The summed E-state index contributed by atoms with van der Waals surface area (Å²) < 4.78 is 5.46. The van der Waals surface area contributed by atoms with Crippen LogP contribution in [0.5, 0.6) is 5.75 Å². The molecule has 2 aromatic rings. The maximum atomic E-state index is 11.9. The summed E-state index contributed by atoms with van der Waals surface area (Å²) in [4.78, 5) is 21.9. The zero-order valence-corrected chi connectivity index (χ0v) is 13.4. The van der Waals surface area contributed by atoms with Gasteiger partial charge in [-0.2, -0.15) is 5.10 Å². The van der Waals surface area contributed by atoms with Crippen LogP contribution in [0.3, 0.4) is 0 Å². The van der Waals surface area contributed by atoms with Gasteiger partial charge in [-0.1, -0.05) is 11.6 Å². The molecular weight excluding hydrogens is 334 g/mol. The molecule has 2 aromatic carbocycles. The number of amides is 1. The number of carbonyl (C=O) groups is 1. The molecule has 0 fully saturated rings. The smallest absolute Gasteiger partial charge is 0.280 e. The zero-order valence-electron chi connectivity index (χ0n) is 12.7. The van der Waals surface area contributed by atoms with Crippen molar-refractivity contribution in [3.05, 3.63) is 69.2 Å². The molecule has 1 amide bonds. The Balaban J connectivity index is 1.87. The Hall–Kier alpha value is -2.93. The SMILES string of the molecule is C[C@@H](Oc1ccc(Cl)cc1)C(=O)NN=Cc1ccc([N+](=O)[O-])cc1. The second-order valence-corrected chi connectivity index (χ2v) is 5.23. The van der Waals surface area contributed by atoms with E-state index in [-0.39, 0.29) is 5.69 Å². The second kappa shape index (κ2) is 8.07. The average Bonchev–Trinajstić information content (AvgIpc) is 2.57. The van der Waals surface area contributed by atoms with Crippen LogP contribution >= 0.6 is 11.6 Å². The van der Waals surface area contributed by atoms with Crippen molar-refractivity contribution in [2.75, 3.05) is 0 Å². The molecule has 0 heterocycles. The third kappa shape index (κ3) is 5.06. The predicted octanol–water partition coefficient (Wildman–Crippen LogP) is 3.17. The predicted molar refractivity (Wildman–Crippen MR) is 90.4 cm³/mol. The Morgan fingerprint density at radius 3 is 2.46 bits per heavy atom. The van der Waals surface area contributed by atoms with Gasteiger partial charge < -0.3 is 4.74 Å². The summed E-state index contributed by atoms with van der Waals surface area (Å²) in [5, 5.41) is 14.9. The first-order chi connectivity index (χ1) is 11.5. The summed E-state index contributed by atoms with van der Waals surface area (Å²) in [5.74, 6) is 0.0875. The van der Waals surface area contributed by atoms with Crippen LogP contribution in [-0.4, -0.2) is 23.1 Å². The van der Waals surface area contributed by atoms with E-state index in [4.69, 9.17) is 16.3 Å². The van der Waals surface area contributed by atoms with E-state index >= 15 is 0 Å². The standard InChI is InChI=1S/C16H14ClN3O4/c1-11(24-15-8-4-13(17)5-9-15)16(21)19-18-10-12-2-6-14(7-3-12)20(22)23/h2-11H,1H3,(H,19,21)/t11-/m1/s1. The van der Waals surface area contributed by atoms with Crippen molar-refractivity contribution in [1.29, 1.82) is 0 Å². The van der Waals surface area contributed by atoms with E-state index in [9.17, 15) is 14.9 Å². The molecule has 0 aliphatic carbocycles. The summed E-state index contributed by atoms with van der Waals surface area (Å²) in [6.45, 7) is 1.59. The van der Waals surface area contributed by atoms with Gasteiger partial charge in [0.25, 0.3) is 11.6 Å². The molecule has 0 aliphatic heterocycles. The van der Waals surface area contributed by atoms with Gasteiger partial charge in [0, 0.05) is 17.2 Å². The number of rotatable bonds is 6. The van der Waals surface area contributed by atoms with E-state index in [0.29, 0.717) is 16.3 Å². The largest absolute Gasteiger partial charge is 0.481 e. The third-order valence-electron chi connectivity index (χ3n) is 2.99. The minimum Gasteiger partial charge on any atom is -0.481 e. The Bertz CT molecular complexity index is 745. The van der Waals surface area contributed by atoms with Crippen molar-refractivity contribution in [3.8, 4) is 5.75 Å². The van der Waals surface area contributed by atoms with E-state index in [1.54, 1.807) is 31.2 Å². The maximum Gasteiger partial charge on any atom is 0.280 e. The van der Waals surface area contributed by atoms with Crippen molar-refractivity contribution in [2.45, 2.75) is 13.0 Å². The average molecular weight is 348 g/mol. The number of nitro groups is 1. The van der Waals surface area contributed by atoms with Crippen molar-refractivity contribution in [2.24, 2.45) is 5.10 Å². The van der Waals surface area contributed by atoms with Gasteiger partial charge in [0.2, 0.25) is 0 Å². The number of hydrogen-bond acceptors (Lipinski definition) is 5. The van der Waals surface area contributed by atoms with Crippen LogP contribution in [0.25, 0.3) is 0 Å². The summed E-state index contributed by atoms with van der Waals surface area (Å²) >= 11 is 5.77. The van der Waals surface area contributed by atoms with Gasteiger partial charge in [-0.25, -0.2) is 5.43 Å². The van der Waals surface area contributed by atoms with E-state index in [2.05, 4.69) is 10.5 Å². The van der Waals surface area contributed by atoms with Gasteiger partial charge in [-0.05, 0) is 48.9 Å². The van der Waals surface area contributed by atoms with Crippen LogP contribution in [0, 0.1) is 10.1 Å². The van der Waals surface area contributed by atoms with Gasteiger partial charge in [-0.3, -0.25) is 14.9 Å². The molecule has 2 rings (SSSR count). The number of hydrogen-bond donors (Lipinski definition) is 1. The molecule has 0 saturated heterocycles. The molecule has 1 atom stereocenters. The number of nitro benzene ring substituents is 1. The van der Waals surface area contributed by atoms with Crippen molar-refractivity contribution in [1.82, 2.24) is 5.43 Å². The van der Waals surface area contributed by atoms with Crippen LogP contribution in [0.1, 0.15) is 12.5 Å². The number of ether oxygens (including phenoxy) is 1. The molecule has 0 radical (unpaired) electrons. The highest BCUT2D eigenvalue weighted by Crippen LogP contribution is 2.16. The van der Waals surface area contributed by atoms with Crippen LogP contribution < -0.4 is 10.2 Å². The van der Waals surface area contributed by atoms with Crippen LogP contribution in [0.15, 0.2) is 53.6 Å². The second-order valence-electron chi connectivity index (χ2n) is 4.80. The monoisotopic (exact) mass is 347 g/mol. The van der Waals surface area contributed by atoms with E-state index in [1.807, 2.05) is 0 Å². The van der Waals surface area contributed by atoms with Gasteiger partial charge in [0.1, 0.15) is 5.75 Å². The molecule has 0 aliphatic rings. The highest BCUT2D eigenvalue weighted by molar-refractivity contribution is 6.30. The van der Waals surface area contributed by atoms with Gasteiger partial charge in [0.15, 0.2) is 6.10 Å². The first-order valence-electron chi connectivity index (χ1n) is 6.95. The highest BCUT2D eigenvalue weighted by atomic mass is 35.5. The van der Waals surface area contributed by atoms with Crippen LogP contribution in [0.4, 0.5) is 5.69 Å². The molecule has 1 N–H and O–H groups in total. The number of nitrogens with zero attached hydrogens (tertiary/aromatic N) is 2. The molecule has 24 heavy (non-hydrogen) atoms. The minimum atomic E-state index is -0.750. The van der Waals surface area contributed by atoms with Crippen molar-refractivity contribution < 1.29 is 14.5 Å². The van der Waals surface area contributed by atoms with E-state index in [1.165, 1.54) is 30.5 Å². The lowest BCUT2D eigenvalue weighted by Crippen LogP contribution is -2.33. The Kier molecular flexibility index (Phi) is 5.86. The molecule has 0 aromatic heterocycles. The van der Waals surface area contributed by atoms with Crippen LogP contribution in [-0.2, 0) is 4.79 Å². The summed E-state index contributed by atoms with van der Waals surface area (Å²) in [5.41, 5.74) is 2.95. The highest BCUT2D eigenvalue weighted by Gasteiger charge is 2.13. The molecule has 0 spiro atoms. The number of carbonyl (C=O) groups excluding carboxylic acids is 1. The number of benzene rings is 2. The van der Waals surface area contributed by atoms with Gasteiger partial charge in [0.05, 0.1) is 11.1 Å². The van der Waals surface area contributed by atoms with Gasteiger partial charge >= 0.3 is 0 Å². The zero-order chi connectivity index (χ0) is 17.5. The molecule has 7 nitrogen and oxygen atoms in total. The molecule has 0 bridgehead atoms. The van der Waals surface area contributed by atoms with Crippen molar-refractivity contribution in [3.63, 3.8) is 0 Å². The summed E-state index contributed by atoms with van der Waals surface area (Å²) in [6, 6.07) is 12.4. The fourth-order valence-corrected chi connectivity index (χ4v) is 1.84. The number of non-ortho nitro benzene ring substituents is 1. The number of halogens is 1. The topological polar surface area (TPSA) is 93.8 Å². The normalized spacial score (nSPS) is 11.9. The van der Waals surface area contributed by atoms with E-state index < -0.39 is 16.9 Å². The number of hydrazone groups is 1. The maximum absolute atomic E-state index is 11.9. The molecule has 124 valence electrons. The Labute approximate surface area is 143 Å². The fraction of sp³-hybridized carbons (Fsp3) is 0.125. The Morgan fingerprint density at radius 1 is 1.25 bits per heavy atom. The van der Waals surface area contributed by atoms with Crippen molar-refractivity contribution >= 4 is 29.4 Å². The third-order valence-corrected chi connectivity index (χ3v) is 3.24.